The molecule has 0 unspecified atom stereocenters. The van der Waals surface area contributed by atoms with E-state index in [-0.39, 0.29) is 0 Å². The van der Waals surface area contributed by atoms with Crippen LogP contribution in [0.4, 0.5) is 17.1 Å². The third-order valence-corrected chi connectivity index (χ3v) is 12.3. The number of benzene rings is 11. The quantitative estimate of drug-likeness (QED) is 0.131. The van der Waals surface area contributed by atoms with Crippen LogP contribution < -0.4 is 4.90 Å². The van der Waals surface area contributed by atoms with E-state index in [0.29, 0.717) is 0 Å². The van der Waals surface area contributed by atoms with Crippen molar-refractivity contribution in [1.29, 1.82) is 0 Å². The molecule has 0 N–H and O–H groups in total. The smallest absolute Gasteiger partial charge is 0.0540 e. The molecule has 11 aromatic rings. The lowest BCUT2D eigenvalue weighted by atomic mass is 9.84. The Morgan fingerprint density at radius 2 is 0.635 bits per heavy atom. The van der Waals surface area contributed by atoms with Crippen molar-refractivity contribution >= 4 is 38.6 Å². The lowest BCUT2D eigenvalue weighted by Crippen LogP contribution is -2.11. The van der Waals surface area contributed by atoms with E-state index in [4.69, 9.17) is 0 Å². The topological polar surface area (TPSA) is 3.24 Å². The molecule has 0 aliphatic rings. The Labute approximate surface area is 369 Å². The molecule has 0 spiro atoms. The lowest BCUT2D eigenvalue weighted by molar-refractivity contribution is 1.28. The highest BCUT2D eigenvalue weighted by Crippen LogP contribution is 2.47. The van der Waals surface area contributed by atoms with Crippen molar-refractivity contribution in [1.82, 2.24) is 0 Å². The Morgan fingerprint density at radius 1 is 0.206 bits per heavy atom. The van der Waals surface area contributed by atoms with Gasteiger partial charge in [-0.15, -0.1) is 0 Å². The number of anilines is 3. The van der Waals surface area contributed by atoms with Crippen LogP contribution in [0.25, 0.3) is 88.3 Å². The predicted molar refractivity (Wildman–Crippen MR) is 269 cm³/mol. The number of fused-ring (bicyclic) bond motifs is 3. The van der Waals surface area contributed by atoms with Gasteiger partial charge in [0.1, 0.15) is 0 Å². The van der Waals surface area contributed by atoms with Gasteiger partial charge < -0.3 is 4.90 Å². The Bertz CT molecular complexity index is 3340. The summed E-state index contributed by atoms with van der Waals surface area (Å²) in [7, 11) is 0. The van der Waals surface area contributed by atoms with Crippen molar-refractivity contribution in [3.63, 3.8) is 0 Å². The van der Waals surface area contributed by atoms with Crippen molar-refractivity contribution in [2.24, 2.45) is 0 Å². The molecule has 11 aromatic carbocycles. The van der Waals surface area contributed by atoms with Crippen LogP contribution in [0.15, 0.2) is 261 Å². The van der Waals surface area contributed by atoms with Crippen molar-refractivity contribution in [3.05, 3.63) is 261 Å². The van der Waals surface area contributed by atoms with Crippen molar-refractivity contribution in [2.45, 2.75) is 0 Å². The van der Waals surface area contributed by atoms with Gasteiger partial charge in [0.15, 0.2) is 0 Å². The fourth-order valence-corrected chi connectivity index (χ4v) is 9.34. The molecule has 0 fully saturated rings. The summed E-state index contributed by atoms with van der Waals surface area (Å²) in [5.74, 6) is 0. The maximum Gasteiger partial charge on any atom is 0.0540 e. The molecular formula is C62H43N. The summed E-state index contributed by atoms with van der Waals surface area (Å²) in [6.45, 7) is 0. The number of para-hydroxylation sites is 1. The molecule has 1 heteroatoms. The van der Waals surface area contributed by atoms with Crippen LogP contribution in [0.3, 0.4) is 0 Å². The summed E-state index contributed by atoms with van der Waals surface area (Å²) < 4.78 is 0. The number of hydrogen-bond donors (Lipinski definition) is 0. The lowest BCUT2D eigenvalue weighted by Gasteiger charge is -2.29. The standard InChI is InChI=1S/C62H43N/c1-6-20-45(21-7-1)53-41-39-52(43-58(53)47-24-10-3-11-25-47)63(60-33-19-18-30-54(60)46-22-8-2-9-23-46)51-37-34-44(35-38-51)50-36-40-56-55-31-16-17-32-57(55)61(48-26-12-4-13-27-48)62(59(56)42-50)49-28-14-5-15-29-49/h1-43H. The summed E-state index contributed by atoms with van der Waals surface area (Å²) in [6, 6.07) is 94.6. The fraction of sp³-hybridized carbons (Fsp3) is 0. The summed E-state index contributed by atoms with van der Waals surface area (Å²) >= 11 is 0. The Hall–Kier alpha value is -8.26. The fourth-order valence-electron chi connectivity index (χ4n) is 9.34. The molecule has 0 saturated heterocycles. The third kappa shape index (κ3) is 7.16. The first-order valence-corrected chi connectivity index (χ1v) is 21.7. The van der Waals surface area contributed by atoms with Crippen LogP contribution in [0.1, 0.15) is 0 Å². The van der Waals surface area contributed by atoms with Gasteiger partial charge in [0.25, 0.3) is 0 Å². The van der Waals surface area contributed by atoms with E-state index in [1.807, 2.05) is 0 Å². The minimum atomic E-state index is 1.08. The van der Waals surface area contributed by atoms with Gasteiger partial charge in [0.2, 0.25) is 0 Å². The van der Waals surface area contributed by atoms with E-state index >= 15 is 0 Å². The second kappa shape index (κ2) is 16.7. The monoisotopic (exact) mass is 801 g/mol. The van der Waals surface area contributed by atoms with Crippen LogP contribution in [0.2, 0.25) is 0 Å². The minimum absolute atomic E-state index is 1.08. The summed E-state index contributed by atoms with van der Waals surface area (Å²) in [6.07, 6.45) is 0. The molecule has 0 bridgehead atoms. The van der Waals surface area contributed by atoms with E-state index in [1.165, 1.54) is 82.7 Å². The summed E-state index contributed by atoms with van der Waals surface area (Å²) in [5, 5.41) is 5.01. The van der Waals surface area contributed by atoms with E-state index in [9.17, 15) is 0 Å². The molecule has 1 nitrogen and oxygen atoms in total. The van der Waals surface area contributed by atoms with E-state index < -0.39 is 0 Å². The van der Waals surface area contributed by atoms with Gasteiger partial charge in [0, 0.05) is 16.9 Å². The van der Waals surface area contributed by atoms with Crippen molar-refractivity contribution < 1.29 is 0 Å². The highest BCUT2D eigenvalue weighted by Gasteiger charge is 2.21. The first-order chi connectivity index (χ1) is 31.3. The van der Waals surface area contributed by atoms with Crippen LogP contribution in [0, 0.1) is 0 Å². The second-order valence-electron chi connectivity index (χ2n) is 16.0. The molecule has 0 atom stereocenters. The zero-order valence-electron chi connectivity index (χ0n) is 34.8. The first kappa shape index (κ1) is 37.7. The average molecular weight is 802 g/mol. The molecule has 11 rings (SSSR count). The third-order valence-electron chi connectivity index (χ3n) is 12.3. The molecular weight excluding hydrogens is 759 g/mol. The second-order valence-corrected chi connectivity index (χ2v) is 16.0. The first-order valence-electron chi connectivity index (χ1n) is 21.7. The molecule has 0 aliphatic carbocycles. The van der Waals surface area contributed by atoms with Gasteiger partial charge in [-0.25, -0.2) is 0 Å². The van der Waals surface area contributed by atoms with Crippen molar-refractivity contribution in [3.8, 4) is 66.8 Å². The van der Waals surface area contributed by atoms with E-state index in [0.717, 1.165) is 22.6 Å². The predicted octanol–water partition coefficient (Wildman–Crippen LogP) is 17.5. The van der Waals surface area contributed by atoms with Crippen molar-refractivity contribution in [2.75, 3.05) is 4.90 Å². The van der Waals surface area contributed by atoms with E-state index in [1.54, 1.807) is 0 Å². The molecule has 0 amide bonds. The number of nitrogens with zero attached hydrogens (tertiary/aromatic N) is 1. The van der Waals surface area contributed by atoms with Gasteiger partial charge in [-0.2, -0.15) is 0 Å². The highest BCUT2D eigenvalue weighted by atomic mass is 15.1. The summed E-state index contributed by atoms with van der Waals surface area (Å²) in [4.78, 5) is 2.42. The van der Waals surface area contributed by atoms with Gasteiger partial charge >= 0.3 is 0 Å². The SMILES string of the molecule is c1ccc(-c2ccc(N(c3ccc(-c4ccc5c(c4)c(-c4ccccc4)c(-c4ccccc4)c4ccccc45)cc3)c3ccccc3-c3ccccc3)cc2-c2ccccc2)cc1. The van der Waals surface area contributed by atoms with E-state index in [2.05, 4.69) is 266 Å². The summed E-state index contributed by atoms with van der Waals surface area (Å²) in [5.41, 5.74) is 17.7. The molecule has 0 radical (unpaired) electrons. The van der Waals surface area contributed by atoms with Gasteiger partial charge in [-0.05, 0) is 119 Å². The molecule has 0 aliphatic heterocycles. The van der Waals surface area contributed by atoms with Crippen LogP contribution in [-0.2, 0) is 0 Å². The minimum Gasteiger partial charge on any atom is -0.310 e. The zero-order valence-corrected chi connectivity index (χ0v) is 34.8. The zero-order chi connectivity index (χ0) is 42.0. The van der Waals surface area contributed by atoms with Gasteiger partial charge in [0.05, 0.1) is 5.69 Å². The maximum atomic E-state index is 2.42. The Kier molecular flexibility index (Phi) is 9.97. The molecule has 63 heavy (non-hydrogen) atoms. The Morgan fingerprint density at radius 3 is 1.24 bits per heavy atom. The largest absolute Gasteiger partial charge is 0.310 e. The molecule has 296 valence electrons. The van der Waals surface area contributed by atoms with Crippen LogP contribution in [-0.4, -0.2) is 0 Å². The normalized spacial score (nSPS) is 11.2. The van der Waals surface area contributed by atoms with Gasteiger partial charge in [-0.3, -0.25) is 0 Å². The van der Waals surface area contributed by atoms with Gasteiger partial charge in [-0.1, -0.05) is 224 Å². The molecule has 0 saturated carbocycles. The number of hydrogen-bond acceptors (Lipinski definition) is 1. The Balaban J connectivity index is 1.09. The average Bonchev–Trinajstić information content (AvgIpc) is 3.37. The molecule has 0 aromatic heterocycles. The van der Waals surface area contributed by atoms with Crippen LogP contribution >= 0.6 is 0 Å². The molecule has 0 heterocycles. The number of rotatable bonds is 9. The highest BCUT2D eigenvalue weighted by molar-refractivity contribution is 6.22. The van der Waals surface area contributed by atoms with Crippen LogP contribution in [0.5, 0.6) is 0 Å². The maximum absolute atomic E-state index is 2.42.